The van der Waals surface area contributed by atoms with Crippen molar-refractivity contribution in [3.8, 4) is 5.75 Å². The topological polar surface area (TPSA) is 125 Å². The maximum atomic E-state index is 13.1. The van der Waals surface area contributed by atoms with Gasteiger partial charge in [0, 0.05) is 23.9 Å². The summed E-state index contributed by atoms with van der Waals surface area (Å²) in [6, 6.07) is 13.4. The van der Waals surface area contributed by atoms with Crippen LogP contribution >= 0.6 is 0 Å². The third-order valence-electron chi connectivity index (χ3n) is 5.41. The van der Waals surface area contributed by atoms with Gasteiger partial charge in [-0.1, -0.05) is 35.9 Å². The molecule has 1 amide bonds. The number of nitrogens with zero attached hydrogens (tertiary/aromatic N) is 1. The highest BCUT2D eigenvalue weighted by atomic mass is 32.2. The number of benzene rings is 2. The summed E-state index contributed by atoms with van der Waals surface area (Å²) < 4.78 is 38.0. The Balaban J connectivity index is 1.72. The number of hydrogen-bond acceptors (Lipinski definition) is 7. The van der Waals surface area contributed by atoms with Crippen molar-refractivity contribution in [2.75, 3.05) is 13.2 Å². The van der Waals surface area contributed by atoms with Crippen molar-refractivity contribution in [3.05, 3.63) is 59.7 Å². The molecule has 0 saturated heterocycles. The number of rotatable bonds is 10. The van der Waals surface area contributed by atoms with Crippen molar-refractivity contribution in [2.24, 2.45) is 0 Å². The van der Waals surface area contributed by atoms with E-state index in [1.165, 1.54) is 12.1 Å². The van der Waals surface area contributed by atoms with Crippen molar-refractivity contribution < 1.29 is 32.7 Å². The monoisotopic (exact) mass is 476 g/mol. The second-order valence-corrected chi connectivity index (χ2v) is 10.1. The number of fused-ring (bicyclic) bond motifs is 1. The van der Waals surface area contributed by atoms with Crippen molar-refractivity contribution in [2.45, 2.75) is 50.3 Å². The summed E-state index contributed by atoms with van der Waals surface area (Å²) in [5.74, 6) is -0.0349. The van der Waals surface area contributed by atoms with E-state index in [-0.39, 0.29) is 17.2 Å². The largest absolute Gasteiger partial charge is 0.635 e. The lowest BCUT2D eigenvalue weighted by molar-refractivity contribution is -0.124. The van der Waals surface area contributed by atoms with Crippen LogP contribution in [0, 0.1) is 6.92 Å². The molecule has 0 spiro atoms. The van der Waals surface area contributed by atoms with E-state index in [1.807, 2.05) is 31.2 Å². The van der Waals surface area contributed by atoms with E-state index in [0.29, 0.717) is 6.61 Å². The number of carbonyl (C=O) groups is 1. The molecule has 2 aromatic carbocycles. The molecule has 0 fully saturated rings. The second-order valence-electron chi connectivity index (χ2n) is 8.26. The summed E-state index contributed by atoms with van der Waals surface area (Å²) in [4.78, 5) is 12.9. The Morgan fingerprint density at radius 3 is 2.52 bits per heavy atom. The summed E-state index contributed by atoms with van der Waals surface area (Å²) in [6.45, 7) is 5.12. The molecule has 2 atom stereocenters. The van der Waals surface area contributed by atoms with Crippen LogP contribution in [0.2, 0.25) is 0 Å². The van der Waals surface area contributed by atoms with Crippen LogP contribution in [0.25, 0.3) is 0 Å². The first-order valence-corrected chi connectivity index (χ1v) is 12.1. The van der Waals surface area contributed by atoms with Crippen LogP contribution < -0.4 is 10.1 Å². The molecular formula is C22H29BN2O7S. The number of sulfonamides is 1. The molecule has 0 saturated carbocycles. The molecule has 11 heteroatoms. The normalized spacial score (nSPS) is 16.4. The Hall–Kier alpha value is -2.44. The highest BCUT2D eigenvalue weighted by molar-refractivity contribution is 7.89. The lowest BCUT2D eigenvalue weighted by atomic mass is 9.96. The fourth-order valence-electron chi connectivity index (χ4n) is 3.74. The molecule has 0 unspecified atom stereocenters. The summed E-state index contributed by atoms with van der Waals surface area (Å²) in [5, 5.41) is 21.2. The minimum Gasteiger partial charge on any atom is -0.493 e. The molecule has 0 aliphatic carbocycles. The van der Waals surface area contributed by atoms with Gasteiger partial charge >= 0.3 is 7.32 Å². The van der Waals surface area contributed by atoms with E-state index < -0.39 is 42.1 Å². The van der Waals surface area contributed by atoms with Crippen LogP contribution in [0.3, 0.4) is 0 Å². The molecular weight excluding hydrogens is 447 g/mol. The van der Waals surface area contributed by atoms with E-state index in [1.54, 1.807) is 26.0 Å². The minimum absolute atomic E-state index is 0.0906. The summed E-state index contributed by atoms with van der Waals surface area (Å²) in [5.41, 5.74) is 1.85. The molecule has 0 bridgehead atoms. The van der Waals surface area contributed by atoms with Crippen LogP contribution in [0.4, 0.5) is 0 Å². The molecule has 33 heavy (non-hydrogen) atoms. The second kappa shape index (κ2) is 10.7. The van der Waals surface area contributed by atoms with E-state index in [9.17, 15) is 23.3 Å². The first kappa shape index (κ1) is 25.2. The van der Waals surface area contributed by atoms with Gasteiger partial charge in [-0.2, -0.15) is 4.31 Å². The van der Waals surface area contributed by atoms with Crippen LogP contribution in [-0.4, -0.2) is 61.4 Å². The lowest BCUT2D eigenvalue weighted by Crippen LogP contribution is -2.48. The number of aryl methyl sites for hydroxylation is 1. The Morgan fingerprint density at radius 2 is 1.88 bits per heavy atom. The third kappa shape index (κ3) is 6.33. The molecule has 0 radical (unpaired) electrons. The molecule has 3 N–H and O–H groups in total. The average molecular weight is 476 g/mol. The summed E-state index contributed by atoms with van der Waals surface area (Å²) in [7, 11) is -6.03. The van der Waals surface area contributed by atoms with Crippen molar-refractivity contribution in [3.63, 3.8) is 0 Å². The Kier molecular flexibility index (Phi) is 8.14. The zero-order chi connectivity index (χ0) is 24.2. The molecule has 0 aromatic heterocycles. The molecule has 1 heterocycles. The van der Waals surface area contributed by atoms with Gasteiger partial charge in [0.25, 0.3) is 0 Å². The van der Waals surface area contributed by atoms with Crippen LogP contribution in [0.5, 0.6) is 5.75 Å². The van der Waals surface area contributed by atoms with Crippen molar-refractivity contribution >= 4 is 23.3 Å². The highest BCUT2D eigenvalue weighted by Gasteiger charge is 2.32. The molecule has 1 aliphatic rings. The number of ether oxygens (including phenoxy) is 1. The average Bonchev–Trinajstić information content (AvgIpc) is 3.14. The van der Waals surface area contributed by atoms with Crippen molar-refractivity contribution in [1.82, 2.24) is 9.62 Å². The molecule has 1 aliphatic heterocycles. The summed E-state index contributed by atoms with van der Waals surface area (Å²) >= 11 is 0. The predicted molar refractivity (Wildman–Crippen MR) is 123 cm³/mol. The Morgan fingerprint density at radius 1 is 1.21 bits per heavy atom. The zero-order valence-electron chi connectivity index (χ0n) is 18.8. The van der Waals surface area contributed by atoms with Gasteiger partial charge < -0.3 is 24.8 Å². The Bertz CT molecular complexity index is 1060. The van der Waals surface area contributed by atoms with E-state index in [2.05, 4.69) is 5.32 Å². The number of hydrogen-bond donors (Lipinski definition) is 3. The van der Waals surface area contributed by atoms with E-state index in [0.717, 1.165) is 21.2 Å². The van der Waals surface area contributed by atoms with Crippen LogP contribution in [0.15, 0.2) is 53.4 Å². The zero-order valence-corrected chi connectivity index (χ0v) is 19.7. The number of para-hydroxylation sites is 1. The van der Waals surface area contributed by atoms with Gasteiger partial charge in [0.2, 0.25) is 15.9 Å². The standard InChI is InChI=1S/C22H29BN2O7S/c1-15(2)25(33(29,30)18-10-8-16(3)9-11-18)13-21(26)24-22(32-23(27)28)12-17-14-31-20-7-5-4-6-19(17)20/h4-11,15,17,22,27-28H,12-14H2,1-3H3,(H,24,26)/t17-,22-/m1/s1. The number of carbonyl (C=O) groups excluding carboxylic acids is 1. The SMILES string of the molecule is Cc1ccc(S(=O)(=O)N(CC(=O)N[C@@H](C[C@@H]2COc3ccccc32)OB(O)O)C(C)C)cc1. The van der Waals surface area contributed by atoms with Gasteiger partial charge in [0.1, 0.15) is 12.0 Å². The first-order valence-electron chi connectivity index (χ1n) is 10.7. The predicted octanol–water partition coefficient (Wildman–Crippen LogP) is 1.39. The maximum Gasteiger partial charge on any atom is 0.635 e. The number of nitrogens with one attached hydrogen (secondary N) is 1. The summed E-state index contributed by atoms with van der Waals surface area (Å²) in [6.07, 6.45) is -0.847. The Labute approximate surface area is 194 Å². The van der Waals surface area contributed by atoms with Crippen LogP contribution in [-0.2, 0) is 19.5 Å². The first-order chi connectivity index (χ1) is 15.6. The quantitative estimate of drug-likeness (QED) is 0.350. The fourth-order valence-corrected chi connectivity index (χ4v) is 5.33. The van der Waals surface area contributed by atoms with E-state index >= 15 is 0 Å². The van der Waals surface area contributed by atoms with Gasteiger partial charge in [-0.3, -0.25) is 4.79 Å². The highest BCUT2D eigenvalue weighted by Crippen LogP contribution is 2.36. The minimum atomic E-state index is -3.92. The van der Waals surface area contributed by atoms with Gasteiger partial charge in [-0.25, -0.2) is 8.42 Å². The number of amides is 1. The van der Waals surface area contributed by atoms with Crippen LogP contribution in [0.1, 0.15) is 37.3 Å². The maximum absolute atomic E-state index is 13.1. The fraction of sp³-hybridized carbons (Fsp3) is 0.409. The molecule has 3 rings (SSSR count). The lowest BCUT2D eigenvalue weighted by Gasteiger charge is -2.27. The van der Waals surface area contributed by atoms with Crippen molar-refractivity contribution in [1.29, 1.82) is 0 Å². The molecule has 9 nitrogen and oxygen atoms in total. The molecule has 178 valence electrons. The third-order valence-corrected chi connectivity index (χ3v) is 7.44. The van der Waals surface area contributed by atoms with Gasteiger partial charge in [-0.05, 0) is 39.0 Å². The van der Waals surface area contributed by atoms with Gasteiger partial charge in [-0.15, -0.1) is 0 Å². The smallest absolute Gasteiger partial charge is 0.493 e. The van der Waals surface area contributed by atoms with Gasteiger partial charge in [0.05, 0.1) is 18.0 Å². The van der Waals surface area contributed by atoms with Gasteiger partial charge in [0.15, 0.2) is 0 Å². The van der Waals surface area contributed by atoms with E-state index in [4.69, 9.17) is 9.39 Å². The molecule has 2 aromatic rings.